The molecule has 0 aromatic carbocycles. The van der Waals surface area contributed by atoms with Crippen LogP contribution in [0.2, 0.25) is 0 Å². The fraction of sp³-hybridized carbons (Fsp3) is 0.524. The van der Waals surface area contributed by atoms with Gasteiger partial charge in [0.05, 0.1) is 27.7 Å². The maximum atomic E-state index is 12.9. The lowest BCUT2D eigenvalue weighted by Crippen LogP contribution is -2.37. The van der Waals surface area contributed by atoms with Crippen molar-refractivity contribution < 1.29 is 42.1 Å². The molecule has 0 fully saturated rings. The number of quaternary nitrogens is 1. The third kappa shape index (κ3) is 75.1. The topological polar surface area (TPSA) is 111 Å². The average Bonchev–Trinajstić information content (AvgIpc) is 1.57. The number of phosphoric acid groups is 1. The highest BCUT2D eigenvalue weighted by Gasteiger charge is 2.22. The maximum absolute atomic E-state index is 12.9. The number of nitrogens with zero attached hydrogens (tertiary/aromatic N) is 1. The van der Waals surface area contributed by atoms with Crippen molar-refractivity contribution in [1.82, 2.24) is 0 Å². The van der Waals surface area contributed by atoms with Gasteiger partial charge in [-0.05, 0) is 154 Å². The zero-order valence-electron chi connectivity index (χ0n) is 59.5. The number of phosphoric ester groups is 1. The van der Waals surface area contributed by atoms with E-state index in [2.05, 4.69) is 245 Å². The Morgan fingerprint density at radius 2 is 0.585 bits per heavy atom. The maximum Gasteiger partial charge on any atom is 0.306 e. The van der Waals surface area contributed by atoms with Crippen LogP contribution in [0, 0.1) is 0 Å². The summed E-state index contributed by atoms with van der Waals surface area (Å²) in [6, 6.07) is 0. The Labute approximate surface area is 575 Å². The van der Waals surface area contributed by atoms with Gasteiger partial charge < -0.3 is 27.9 Å². The lowest BCUT2D eigenvalue weighted by atomic mass is 10.0. The summed E-state index contributed by atoms with van der Waals surface area (Å²) in [6.45, 7) is 3.91. The standard InChI is InChI=1S/C84H130NO8P/c1-6-8-10-12-14-16-18-20-22-24-26-28-30-32-34-36-37-38-39-40-41-42-43-44-45-46-47-49-51-53-55-57-59-61-63-65-67-69-71-73-75-77-84(87)93-82(81-92-94(88,89)91-79-78-85(3,4)5)80-90-83(86)76-74-72-70-68-66-64-62-60-58-56-54-52-50-48-35-33-31-29-27-25-23-21-19-17-15-13-11-9-7-2/h8-11,14-17,20-23,26-29,32-35,37-38,40-41,43-44,46-47,50-53,56,58,62,64,68,70,82H,6-7,12-13,18-19,24-25,30-31,36,39,42,45,48-49,54-55,57,59-61,63,65-67,69,71-81H2,1-5H3/b10-8-,11-9-,16-14-,17-15-,22-20-,23-21-,28-26-,29-27-,34-32-,35-33-,38-37-,41-40-,44-43-,47-46-,52-50-,53-51-,58-56-,64-62-,70-68-. The Morgan fingerprint density at radius 3 is 0.883 bits per heavy atom. The van der Waals surface area contributed by atoms with Gasteiger partial charge >= 0.3 is 11.9 Å². The molecule has 524 valence electrons. The van der Waals surface area contributed by atoms with Crippen molar-refractivity contribution in [3.05, 3.63) is 231 Å². The number of hydrogen-bond donors (Lipinski definition) is 0. The predicted molar refractivity (Wildman–Crippen MR) is 405 cm³/mol. The SMILES string of the molecule is CC/C=C\C/C=C\C/C=C\C/C=C\C/C=C\C/C=C\C/C=C\C/C=C\C/C=C\C/C=C\CCCCCCCCCCCCC(=O)OC(COC(=O)CCC/C=C\C/C=C\C/C=C\C/C=C\C/C=C\C/C=C\C/C=C\C/C=C\C/C=C\CC)COP(=O)([O-])OCC[N+](C)(C)C. The van der Waals surface area contributed by atoms with Crippen LogP contribution in [0.3, 0.4) is 0 Å². The van der Waals surface area contributed by atoms with Crippen molar-refractivity contribution >= 4 is 19.8 Å². The van der Waals surface area contributed by atoms with Crippen LogP contribution in [-0.4, -0.2) is 70.0 Å². The van der Waals surface area contributed by atoms with Crippen LogP contribution in [0.4, 0.5) is 0 Å². The normalized spacial score (nSPS) is 14.5. The molecule has 0 aromatic heterocycles. The van der Waals surface area contributed by atoms with E-state index >= 15 is 0 Å². The second-order valence-electron chi connectivity index (χ2n) is 24.1. The van der Waals surface area contributed by atoms with Crippen molar-refractivity contribution in [2.45, 2.75) is 238 Å². The molecule has 0 aliphatic carbocycles. The Balaban J connectivity index is 4.21. The van der Waals surface area contributed by atoms with E-state index in [4.69, 9.17) is 18.5 Å². The smallest absolute Gasteiger partial charge is 0.306 e. The molecule has 0 aliphatic rings. The van der Waals surface area contributed by atoms with Crippen LogP contribution in [-0.2, 0) is 32.7 Å². The predicted octanol–water partition coefficient (Wildman–Crippen LogP) is 23.5. The number of rotatable bonds is 63. The molecule has 0 spiro atoms. The molecule has 2 unspecified atom stereocenters. The molecular formula is C84H130NO8P. The van der Waals surface area contributed by atoms with E-state index in [0.717, 1.165) is 148 Å². The third-order valence-electron chi connectivity index (χ3n) is 14.2. The molecular weight excluding hydrogens is 1180 g/mol. The van der Waals surface area contributed by atoms with E-state index in [9.17, 15) is 19.0 Å². The molecule has 0 aliphatic heterocycles. The number of allylic oxidation sites excluding steroid dienone is 38. The van der Waals surface area contributed by atoms with Gasteiger partial charge in [-0.2, -0.15) is 0 Å². The first-order chi connectivity index (χ1) is 46.0. The molecule has 0 rings (SSSR count). The molecule has 0 N–H and O–H groups in total. The second kappa shape index (κ2) is 71.4. The van der Waals surface area contributed by atoms with Gasteiger partial charge in [-0.3, -0.25) is 14.2 Å². The Morgan fingerprint density at radius 1 is 0.330 bits per heavy atom. The van der Waals surface area contributed by atoms with E-state index in [0.29, 0.717) is 30.3 Å². The summed E-state index contributed by atoms with van der Waals surface area (Å²) in [6.07, 6.45) is 116. The largest absolute Gasteiger partial charge is 0.756 e. The van der Waals surface area contributed by atoms with E-state index < -0.39 is 32.5 Å². The zero-order chi connectivity index (χ0) is 68.3. The molecule has 0 radical (unpaired) electrons. The lowest BCUT2D eigenvalue weighted by Gasteiger charge is -2.28. The molecule has 10 heteroatoms. The fourth-order valence-corrected chi connectivity index (χ4v) is 9.47. The lowest BCUT2D eigenvalue weighted by molar-refractivity contribution is -0.870. The molecule has 0 saturated heterocycles. The van der Waals surface area contributed by atoms with Crippen LogP contribution in [0.1, 0.15) is 232 Å². The summed E-state index contributed by atoms with van der Waals surface area (Å²) >= 11 is 0. The average molecular weight is 1310 g/mol. The molecule has 0 aromatic rings. The van der Waals surface area contributed by atoms with Gasteiger partial charge in [-0.25, -0.2) is 0 Å². The Bertz CT molecular complexity index is 2440. The molecule has 0 amide bonds. The van der Waals surface area contributed by atoms with Crippen LogP contribution in [0.25, 0.3) is 0 Å². The summed E-state index contributed by atoms with van der Waals surface area (Å²) in [7, 11) is 1.10. The highest BCUT2D eigenvalue weighted by molar-refractivity contribution is 7.45. The third-order valence-corrected chi connectivity index (χ3v) is 15.1. The monoisotopic (exact) mass is 1310 g/mol. The van der Waals surface area contributed by atoms with Crippen molar-refractivity contribution in [3.63, 3.8) is 0 Å². The van der Waals surface area contributed by atoms with Crippen LogP contribution in [0.15, 0.2) is 231 Å². The summed E-state index contributed by atoms with van der Waals surface area (Å²) in [5.74, 6) is -0.926. The van der Waals surface area contributed by atoms with E-state index in [1.807, 2.05) is 21.1 Å². The van der Waals surface area contributed by atoms with Gasteiger partial charge in [0, 0.05) is 12.8 Å². The summed E-state index contributed by atoms with van der Waals surface area (Å²) < 4.78 is 34.2. The van der Waals surface area contributed by atoms with Gasteiger partial charge in [0.2, 0.25) is 0 Å². The molecule has 0 bridgehead atoms. The molecule has 0 heterocycles. The Kier molecular flexibility index (Phi) is 66.9. The summed E-state index contributed by atoms with van der Waals surface area (Å²) in [4.78, 5) is 38.1. The summed E-state index contributed by atoms with van der Waals surface area (Å²) in [5.41, 5.74) is 0. The highest BCUT2D eigenvalue weighted by atomic mass is 31.2. The van der Waals surface area contributed by atoms with Crippen molar-refractivity contribution in [1.29, 1.82) is 0 Å². The van der Waals surface area contributed by atoms with Gasteiger partial charge in [0.25, 0.3) is 7.82 Å². The van der Waals surface area contributed by atoms with Gasteiger partial charge in [-0.15, -0.1) is 0 Å². The number of hydrogen-bond acceptors (Lipinski definition) is 8. The van der Waals surface area contributed by atoms with Crippen molar-refractivity contribution in [2.24, 2.45) is 0 Å². The van der Waals surface area contributed by atoms with E-state index in [-0.39, 0.29) is 26.1 Å². The van der Waals surface area contributed by atoms with E-state index in [1.165, 1.54) is 38.5 Å². The minimum absolute atomic E-state index is 0.0537. The van der Waals surface area contributed by atoms with Gasteiger partial charge in [-0.1, -0.05) is 296 Å². The van der Waals surface area contributed by atoms with Crippen LogP contribution in [0.5, 0.6) is 0 Å². The minimum Gasteiger partial charge on any atom is -0.756 e. The minimum atomic E-state index is -4.68. The molecule has 0 saturated carbocycles. The number of likely N-dealkylation sites (N-methyl/N-ethyl adjacent to an activating group) is 1. The highest BCUT2D eigenvalue weighted by Crippen LogP contribution is 2.38. The quantitative estimate of drug-likeness (QED) is 0.0195. The first-order valence-electron chi connectivity index (χ1n) is 36.1. The zero-order valence-corrected chi connectivity index (χ0v) is 60.4. The van der Waals surface area contributed by atoms with Gasteiger partial charge in [0.1, 0.15) is 19.8 Å². The number of unbranched alkanes of at least 4 members (excludes halogenated alkanes) is 11. The molecule has 9 nitrogen and oxygen atoms in total. The van der Waals surface area contributed by atoms with Gasteiger partial charge in [0.15, 0.2) is 6.10 Å². The van der Waals surface area contributed by atoms with Crippen LogP contribution < -0.4 is 4.89 Å². The summed E-state index contributed by atoms with van der Waals surface area (Å²) in [5, 5.41) is 0. The fourth-order valence-electron chi connectivity index (χ4n) is 8.74. The number of carbonyl (C=O) groups is 2. The first kappa shape index (κ1) is 88.1. The second-order valence-corrected chi connectivity index (χ2v) is 25.5. The molecule has 2 atom stereocenters. The number of ether oxygens (including phenoxy) is 2. The number of esters is 2. The number of carbonyl (C=O) groups excluding carboxylic acids is 2. The first-order valence-corrected chi connectivity index (χ1v) is 37.6. The van der Waals surface area contributed by atoms with Crippen LogP contribution >= 0.6 is 7.82 Å². The van der Waals surface area contributed by atoms with Crippen molar-refractivity contribution in [3.8, 4) is 0 Å². The van der Waals surface area contributed by atoms with Crippen molar-refractivity contribution in [2.75, 3.05) is 47.5 Å². The van der Waals surface area contributed by atoms with E-state index in [1.54, 1.807) is 0 Å². The Hall–Kier alpha value is -5.93. The molecule has 94 heavy (non-hydrogen) atoms.